The standard InChI is InChI=1S/C12H15N3O2S/c1-7(2)15-11(9(17-4)5-14-15)12(16)10-6-13-8(3)18-10/h5-7H,1-4H3. The Kier molecular flexibility index (Phi) is 3.47. The first-order valence-corrected chi connectivity index (χ1v) is 6.45. The topological polar surface area (TPSA) is 57.0 Å². The van der Waals surface area contributed by atoms with E-state index in [0.29, 0.717) is 16.3 Å². The molecule has 2 rings (SSSR count). The highest BCUT2D eigenvalue weighted by Gasteiger charge is 2.23. The van der Waals surface area contributed by atoms with Gasteiger partial charge < -0.3 is 4.74 Å². The second-order valence-electron chi connectivity index (χ2n) is 4.17. The van der Waals surface area contributed by atoms with E-state index in [1.54, 1.807) is 17.1 Å². The van der Waals surface area contributed by atoms with Crippen molar-refractivity contribution < 1.29 is 9.53 Å². The summed E-state index contributed by atoms with van der Waals surface area (Å²) in [7, 11) is 1.54. The van der Waals surface area contributed by atoms with Gasteiger partial charge in [0.25, 0.3) is 0 Å². The first-order chi connectivity index (χ1) is 8.54. The maximum atomic E-state index is 12.5. The SMILES string of the molecule is COc1cnn(C(C)C)c1C(=O)c1cnc(C)s1. The molecular formula is C12H15N3O2S. The summed E-state index contributed by atoms with van der Waals surface area (Å²) in [6.07, 6.45) is 3.17. The fraction of sp³-hybridized carbons (Fsp3) is 0.417. The molecule has 96 valence electrons. The van der Waals surface area contributed by atoms with Gasteiger partial charge in [0, 0.05) is 12.2 Å². The minimum Gasteiger partial charge on any atom is -0.493 e. The molecule has 2 aromatic heterocycles. The van der Waals surface area contributed by atoms with Crippen LogP contribution in [0.3, 0.4) is 0 Å². The summed E-state index contributed by atoms with van der Waals surface area (Å²) < 4.78 is 6.88. The Morgan fingerprint density at radius 2 is 2.17 bits per heavy atom. The molecule has 0 N–H and O–H groups in total. The minimum atomic E-state index is -0.0938. The summed E-state index contributed by atoms with van der Waals surface area (Å²) in [5.41, 5.74) is 0.483. The summed E-state index contributed by atoms with van der Waals surface area (Å²) in [6.45, 7) is 5.82. The Morgan fingerprint density at radius 1 is 1.44 bits per heavy atom. The van der Waals surface area contributed by atoms with Crippen molar-refractivity contribution in [1.29, 1.82) is 0 Å². The molecule has 0 aromatic carbocycles. The molecule has 0 aliphatic carbocycles. The zero-order valence-corrected chi connectivity index (χ0v) is 11.6. The fourth-order valence-electron chi connectivity index (χ4n) is 1.69. The van der Waals surface area contributed by atoms with Gasteiger partial charge in [-0.15, -0.1) is 11.3 Å². The van der Waals surface area contributed by atoms with E-state index in [0.717, 1.165) is 5.01 Å². The highest BCUT2D eigenvalue weighted by Crippen LogP contribution is 2.26. The Labute approximate surface area is 109 Å². The lowest BCUT2D eigenvalue weighted by atomic mass is 10.2. The lowest BCUT2D eigenvalue weighted by molar-refractivity contribution is 0.102. The zero-order chi connectivity index (χ0) is 13.3. The summed E-state index contributed by atoms with van der Waals surface area (Å²) in [4.78, 5) is 17.2. The molecule has 0 atom stereocenters. The maximum Gasteiger partial charge on any atom is 0.226 e. The smallest absolute Gasteiger partial charge is 0.226 e. The maximum absolute atomic E-state index is 12.5. The van der Waals surface area contributed by atoms with Crippen LogP contribution < -0.4 is 4.74 Å². The normalized spacial score (nSPS) is 10.9. The molecule has 2 heterocycles. The molecule has 18 heavy (non-hydrogen) atoms. The number of thiazole rings is 1. The van der Waals surface area contributed by atoms with Gasteiger partial charge in [0.15, 0.2) is 11.4 Å². The second-order valence-corrected chi connectivity index (χ2v) is 5.41. The number of aryl methyl sites for hydroxylation is 1. The zero-order valence-electron chi connectivity index (χ0n) is 10.8. The highest BCUT2D eigenvalue weighted by atomic mass is 32.1. The van der Waals surface area contributed by atoms with Crippen LogP contribution in [0.25, 0.3) is 0 Å². The van der Waals surface area contributed by atoms with Gasteiger partial charge in [0.05, 0.1) is 23.2 Å². The predicted octanol–water partition coefficient (Wildman–Crippen LogP) is 2.47. The molecule has 0 saturated heterocycles. The van der Waals surface area contributed by atoms with Crippen molar-refractivity contribution in [2.45, 2.75) is 26.8 Å². The Bertz CT molecular complexity index is 572. The third kappa shape index (κ3) is 2.15. The largest absolute Gasteiger partial charge is 0.493 e. The van der Waals surface area contributed by atoms with Crippen LogP contribution in [-0.2, 0) is 0 Å². The van der Waals surface area contributed by atoms with E-state index in [2.05, 4.69) is 10.1 Å². The molecule has 0 bridgehead atoms. The van der Waals surface area contributed by atoms with Gasteiger partial charge in [0.1, 0.15) is 0 Å². The van der Waals surface area contributed by atoms with E-state index in [1.165, 1.54) is 18.4 Å². The molecule has 6 heteroatoms. The molecule has 0 aliphatic heterocycles. The van der Waals surface area contributed by atoms with Crippen molar-refractivity contribution in [3.8, 4) is 5.75 Å². The monoisotopic (exact) mass is 265 g/mol. The fourth-order valence-corrected chi connectivity index (χ4v) is 2.40. The van der Waals surface area contributed by atoms with Gasteiger partial charge >= 0.3 is 0 Å². The number of ketones is 1. The van der Waals surface area contributed by atoms with Gasteiger partial charge in [0.2, 0.25) is 5.78 Å². The second kappa shape index (κ2) is 4.89. The quantitative estimate of drug-likeness (QED) is 0.797. The van der Waals surface area contributed by atoms with Crippen molar-refractivity contribution in [1.82, 2.24) is 14.8 Å². The summed E-state index contributed by atoms with van der Waals surface area (Å²) >= 11 is 1.38. The summed E-state index contributed by atoms with van der Waals surface area (Å²) in [6, 6.07) is 0.0990. The first-order valence-electron chi connectivity index (χ1n) is 5.63. The van der Waals surface area contributed by atoms with Gasteiger partial charge in [-0.1, -0.05) is 0 Å². The van der Waals surface area contributed by atoms with E-state index < -0.39 is 0 Å². The number of hydrogen-bond acceptors (Lipinski definition) is 5. The molecule has 2 aromatic rings. The van der Waals surface area contributed by atoms with Crippen molar-refractivity contribution in [3.05, 3.63) is 28.0 Å². The number of aromatic nitrogens is 3. The van der Waals surface area contributed by atoms with Gasteiger partial charge in [-0.3, -0.25) is 9.48 Å². The highest BCUT2D eigenvalue weighted by molar-refractivity contribution is 7.13. The van der Waals surface area contributed by atoms with Crippen LogP contribution in [0.4, 0.5) is 0 Å². The summed E-state index contributed by atoms with van der Waals surface area (Å²) in [5, 5.41) is 5.06. The van der Waals surface area contributed by atoms with Crippen LogP contribution in [0.5, 0.6) is 5.75 Å². The van der Waals surface area contributed by atoms with Gasteiger partial charge in [-0.05, 0) is 20.8 Å². The van der Waals surface area contributed by atoms with E-state index >= 15 is 0 Å². The number of methoxy groups -OCH3 is 1. The number of carbonyl (C=O) groups is 1. The number of nitrogens with zero attached hydrogens (tertiary/aromatic N) is 3. The summed E-state index contributed by atoms with van der Waals surface area (Å²) in [5.74, 6) is 0.406. The van der Waals surface area contributed by atoms with Crippen molar-refractivity contribution in [2.75, 3.05) is 7.11 Å². The van der Waals surface area contributed by atoms with Gasteiger partial charge in [-0.2, -0.15) is 5.10 Å². The number of carbonyl (C=O) groups excluding carboxylic acids is 1. The Balaban J connectivity index is 2.49. The first kappa shape index (κ1) is 12.8. The van der Waals surface area contributed by atoms with Crippen LogP contribution in [0.1, 0.15) is 40.3 Å². The van der Waals surface area contributed by atoms with Gasteiger partial charge in [-0.25, -0.2) is 4.98 Å². The van der Waals surface area contributed by atoms with E-state index in [-0.39, 0.29) is 11.8 Å². The third-order valence-electron chi connectivity index (χ3n) is 2.53. The number of rotatable bonds is 4. The molecule has 0 radical (unpaired) electrons. The van der Waals surface area contributed by atoms with Crippen molar-refractivity contribution >= 4 is 17.1 Å². The Hall–Kier alpha value is -1.69. The molecule has 0 saturated carbocycles. The van der Waals surface area contributed by atoms with Crippen LogP contribution in [-0.4, -0.2) is 27.7 Å². The third-order valence-corrected chi connectivity index (χ3v) is 3.44. The van der Waals surface area contributed by atoms with E-state index in [4.69, 9.17) is 4.74 Å². The van der Waals surface area contributed by atoms with Crippen LogP contribution >= 0.6 is 11.3 Å². The van der Waals surface area contributed by atoms with Crippen LogP contribution in [0, 0.1) is 6.92 Å². The van der Waals surface area contributed by atoms with Crippen molar-refractivity contribution in [2.24, 2.45) is 0 Å². The lowest BCUT2D eigenvalue weighted by Gasteiger charge is -2.10. The molecular weight excluding hydrogens is 250 g/mol. The van der Waals surface area contributed by atoms with E-state index in [9.17, 15) is 4.79 Å². The number of hydrogen-bond donors (Lipinski definition) is 0. The van der Waals surface area contributed by atoms with Crippen molar-refractivity contribution in [3.63, 3.8) is 0 Å². The lowest BCUT2D eigenvalue weighted by Crippen LogP contribution is -2.13. The molecule has 0 aliphatic rings. The Morgan fingerprint density at radius 3 is 2.67 bits per heavy atom. The average Bonchev–Trinajstić information content (AvgIpc) is 2.93. The minimum absolute atomic E-state index is 0.0938. The van der Waals surface area contributed by atoms with Crippen LogP contribution in [0.2, 0.25) is 0 Å². The molecule has 0 amide bonds. The van der Waals surface area contributed by atoms with Crippen LogP contribution in [0.15, 0.2) is 12.4 Å². The number of ether oxygens (including phenoxy) is 1. The molecule has 0 fully saturated rings. The van der Waals surface area contributed by atoms with E-state index in [1.807, 2.05) is 20.8 Å². The predicted molar refractivity (Wildman–Crippen MR) is 69.4 cm³/mol. The average molecular weight is 265 g/mol. The molecule has 0 spiro atoms. The molecule has 0 unspecified atom stereocenters. The molecule has 5 nitrogen and oxygen atoms in total.